The summed E-state index contributed by atoms with van der Waals surface area (Å²) in [5.74, 6) is -0.958. The van der Waals surface area contributed by atoms with Crippen molar-refractivity contribution in [2.24, 2.45) is 5.92 Å². The molecule has 0 radical (unpaired) electrons. The summed E-state index contributed by atoms with van der Waals surface area (Å²) < 4.78 is 13.2. The van der Waals surface area contributed by atoms with Crippen LogP contribution >= 0.6 is 11.6 Å². The minimum atomic E-state index is -0.521. The summed E-state index contributed by atoms with van der Waals surface area (Å²) in [6.07, 6.45) is 5.92. The fourth-order valence-electron chi connectivity index (χ4n) is 3.53. The van der Waals surface area contributed by atoms with Gasteiger partial charge in [-0.3, -0.25) is 4.79 Å². The standard InChI is InChI=1S/C18H23ClFN3O2/c19-15-10-14(7-8-16(15)20)21-17(24)12-4-3-9-23(11-12)18(25)22-13-5-1-2-6-13/h7-8,10,12-13H,1-6,9,11H2,(H,21,24)(H,22,25)/t12-/m0/s1. The lowest BCUT2D eigenvalue weighted by molar-refractivity contribution is -0.121. The number of hydrogen-bond acceptors (Lipinski definition) is 2. The third kappa shape index (κ3) is 4.63. The van der Waals surface area contributed by atoms with E-state index >= 15 is 0 Å². The van der Waals surface area contributed by atoms with Crippen molar-refractivity contribution in [3.8, 4) is 0 Å². The number of nitrogens with one attached hydrogen (secondary N) is 2. The smallest absolute Gasteiger partial charge is 0.317 e. The molecule has 1 aromatic carbocycles. The SMILES string of the molecule is O=C(Nc1ccc(F)c(Cl)c1)[C@H]1CCCN(C(=O)NC2CCCC2)C1. The van der Waals surface area contributed by atoms with Crippen molar-refractivity contribution in [2.45, 2.75) is 44.6 Å². The summed E-state index contributed by atoms with van der Waals surface area (Å²) in [4.78, 5) is 26.6. The monoisotopic (exact) mass is 367 g/mol. The van der Waals surface area contributed by atoms with E-state index in [2.05, 4.69) is 10.6 Å². The average molecular weight is 368 g/mol. The van der Waals surface area contributed by atoms with Gasteiger partial charge in [-0.15, -0.1) is 0 Å². The lowest BCUT2D eigenvalue weighted by atomic mass is 9.97. The van der Waals surface area contributed by atoms with Gasteiger partial charge in [0.25, 0.3) is 0 Å². The Labute approximate surface area is 151 Å². The molecule has 0 bridgehead atoms. The number of carbonyl (C=O) groups is 2. The van der Waals surface area contributed by atoms with Gasteiger partial charge in [-0.05, 0) is 43.9 Å². The number of amides is 3. The zero-order chi connectivity index (χ0) is 17.8. The van der Waals surface area contributed by atoms with Gasteiger partial charge in [0.15, 0.2) is 0 Å². The fraction of sp³-hybridized carbons (Fsp3) is 0.556. The van der Waals surface area contributed by atoms with E-state index in [1.165, 1.54) is 18.2 Å². The van der Waals surface area contributed by atoms with Crippen LogP contribution in [0.4, 0.5) is 14.9 Å². The number of carbonyl (C=O) groups excluding carboxylic acids is 2. The number of benzene rings is 1. The summed E-state index contributed by atoms with van der Waals surface area (Å²) in [7, 11) is 0. The Hall–Kier alpha value is -1.82. The molecule has 1 aliphatic heterocycles. The highest BCUT2D eigenvalue weighted by molar-refractivity contribution is 6.31. The highest BCUT2D eigenvalue weighted by Gasteiger charge is 2.29. The predicted octanol–water partition coefficient (Wildman–Crippen LogP) is 3.78. The molecular formula is C18H23ClFN3O2. The van der Waals surface area contributed by atoms with Crippen LogP contribution in [0.1, 0.15) is 38.5 Å². The van der Waals surface area contributed by atoms with Crippen LogP contribution in [-0.2, 0) is 4.79 Å². The molecule has 3 amide bonds. The van der Waals surface area contributed by atoms with Crippen molar-refractivity contribution < 1.29 is 14.0 Å². The van der Waals surface area contributed by atoms with Gasteiger partial charge >= 0.3 is 6.03 Å². The second-order valence-electron chi connectivity index (χ2n) is 6.83. The molecule has 0 spiro atoms. The van der Waals surface area contributed by atoms with Crippen LogP contribution < -0.4 is 10.6 Å². The number of piperidine rings is 1. The summed E-state index contributed by atoms with van der Waals surface area (Å²) in [6.45, 7) is 1.07. The van der Waals surface area contributed by atoms with Crippen LogP contribution in [0.15, 0.2) is 18.2 Å². The molecule has 0 aromatic heterocycles. The maximum atomic E-state index is 13.2. The Morgan fingerprint density at radius 2 is 1.92 bits per heavy atom. The van der Waals surface area contributed by atoms with Crippen molar-refractivity contribution in [1.82, 2.24) is 10.2 Å². The Kier molecular flexibility index (Phi) is 5.78. The first kappa shape index (κ1) is 18.0. The maximum Gasteiger partial charge on any atom is 0.317 e. The molecule has 1 aromatic rings. The van der Waals surface area contributed by atoms with Gasteiger partial charge in [-0.25, -0.2) is 9.18 Å². The van der Waals surface area contributed by atoms with Gasteiger partial charge in [0.2, 0.25) is 5.91 Å². The summed E-state index contributed by atoms with van der Waals surface area (Å²) in [6, 6.07) is 4.28. The largest absolute Gasteiger partial charge is 0.335 e. The highest BCUT2D eigenvalue weighted by atomic mass is 35.5. The predicted molar refractivity (Wildman–Crippen MR) is 95.1 cm³/mol. The van der Waals surface area contributed by atoms with Crippen molar-refractivity contribution in [2.75, 3.05) is 18.4 Å². The molecule has 3 rings (SSSR count). The summed E-state index contributed by atoms with van der Waals surface area (Å²) in [5, 5.41) is 5.80. The Morgan fingerprint density at radius 3 is 2.64 bits per heavy atom. The molecule has 5 nitrogen and oxygen atoms in total. The fourth-order valence-corrected chi connectivity index (χ4v) is 3.71. The van der Waals surface area contributed by atoms with Gasteiger partial charge in [-0.1, -0.05) is 24.4 Å². The van der Waals surface area contributed by atoms with Crippen LogP contribution in [0.2, 0.25) is 5.02 Å². The molecule has 2 fully saturated rings. The maximum absolute atomic E-state index is 13.2. The third-order valence-corrected chi connectivity index (χ3v) is 5.24. The first-order chi connectivity index (χ1) is 12.0. The molecule has 2 aliphatic rings. The second kappa shape index (κ2) is 8.04. The quantitative estimate of drug-likeness (QED) is 0.854. The molecule has 25 heavy (non-hydrogen) atoms. The number of halogens is 2. The van der Waals surface area contributed by atoms with E-state index < -0.39 is 5.82 Å². The second-order valence-corrected chi connectivity index (χ2v) is 7.24. The van der Waals surface area contributed by atoms with E-state index in [0.717, 1.165) is 38.5 Å². The lowest BCUT2D eigenvalue weighted by Gasteiger charge is -2.33. The van der Waals surface area contributed by atoms with Crippen molar-refractivity contribution in [3.05, 3.63) is 29.0 Å². The molecule has 1 heterocycles. The van der Waals surface area contributed by atoms with Crippen molar-refractivity contribution in [1.29, 1.82) is 0 Å². The van der Waals surface area contributed by atoms with Crippen LogP contribution in [-0.4, -0.2) is 36.0 Å². The molecule has 2 N–H and O–H groups in total. The van der Waals surface area contributed by atoms with E-state index in [0.29, 0.717) is 18.8 Å². The molecule has 1 aliphatic carbocycles. The van der Waals surface area contributed by atoms with Crippen LogP contribution in [0.3, 0.4) is 0 Å². The van der Waals surface area contributed by atoms with E-state index in [1.807, 2.05) is 0 Å². The van der Waals surface area contributed by atoms with Crippen molar-refractivity contribution in [3.63, 3.8) is 0 Å². The van der Waals surface area contributed by atoms with E-state index in [9.17, 15) is 14.0 Å². The molecule has 136 valence electrons. The highest BCUT2D eigenvalue weighted by Crippen LogP contribution is 2.23. The topological polar surface area (TPSA) is 61.4 Å². The summed E-state index contributed by atoms with van der Waals surface area (Å²) in [5.41, 5.74) is 0.462. The van der Waals surface area contributed by atoms with Gasteiger partial charge in [0.05, 0.1) is 10.9 Å². The molecule has 1 saturated carbocycles. The zero-order valence-electron chi connectivity index (χ0n) is 14.1. The van der Waals surface area contributed by atoms with E-state index in [-0.39, 0.29) is 28.9 Å². The number of urea groups is 1. The minimum absolute atomic E-state index is 0.0287. The van der Waals surface area contributed by atoms with Gasteiger partial charge in [0, 0.05) is 24.8 Å². The molecule has 0 unspecified atom stereocenters. The summed E-state index contributed by atoms with van der Waals surface area (Å²) >= 11 is 5.74. The molecule has 1 saturated heterocycles. The van der Waals surface area contributed by atoms with Crippen LogP contribution in [0, 0.1) is 11.7 Å². The molecular weight excluding hydrogens is 345 g/mol. The number of hydrogen-bond donors (Lipinski definition) is 2. The lowest BCUT2D eigenvalue weighted by Crippen LogP contribution is -2.49. The van der Waals surface area contributed by atoms with Crippen LogP contribution in [0.5, 0.6) is 0 Å². The first-order valence-corrected chi connectivity index (χ1v) is 9.22. The van der Waals surface area contributed by atoms with Crippen molar-refractivity contribution >= 4 is 29.2 Å². The Bertz CT molecular complexity index is 649. The third-order valence-electron chi connectivity index (χ3n) is 4.95. The van der Waals surface area contributed by atoms with Gasteiger partial charge < -0.3 is 15.5 Å². The molecule has 1 atom stereocenters. The average Bonchev–Trinajstić information content (AvgIpc) is 3.11. The van der Waals surface area contributed by atoms with Gasteiger partial charge in [-0.2, -0.15) is 0 Å². The van der Waals surface area contributed by atoms with E-state index in [4.69, 9.17) is 11.6 Å². The van der Waals surface area contributed by atoms with Gasteiger partial charge in [0.1, 0.15) is 5.82 Å². The Balaban J connectivity index is 1.55. The zero-order valence-corrected chi connectivity index (χ0v) is 14.8. The van der Waals surface area contributed by atoms with E-state index in [1.54, 1.807) is 4.90 Å². The number of nitrogens with zero attached hydrogens (tertiary/aromatic N) is 1. The number of rotatable bonds is 3. The number of likely N-dealkylation sites (tertiary alicyclic amines) is 1. The first-order valence-electron chi connectivity index (χ1n) is 8.84. The normalized spacial score (nSPS) is 21.2. The molecule has 7 heteroatoms. The number of anilines is 1. The minimum Gasteiger partial charge on any atom is -0.335 e. The van der Waals surface area contributed by atoms with Crippen LogP contribution in [0.25, 0.3) is 0 Å². The Morgan fingerprint density at radius 1 is 1.16 bits per heavy atom.